The number of amides is 1. The Morgan fingerprint density at radius 1 is 1.69 bits per heavy atom. The van der Waals surface area contributed by atoms with Crippen molar-refractivity contribution < 1.29 is 9.72 Å². The molecule has 0 aliphatic rings. The Labute approximate surface area is 95.9 Å². The van der Waals surface area contributed by atoms with E-state index < -0.39 is 11.0 Å². The molecule has 0 N–H and O–H groups in total. The summed E-state index contributed by atoms with van der Waals surface area (Å²) in [7, 11) is 1.49. The van der Waals surface area contributed by atoms with Crippen molar-refractivity contribution in [2.45, 2.75) is 13.0 Å². The van der Waals surface area contributed by atoms with Gasteiger partial charge in [-0.3, -0.25) is 14.9 Å². The van der Waals surface area contributed by atoms with Gasteiger partial charge in [-0.25, -0.2) is 0 Å². The van der Waals surface area contributed by atoms with Gasteiger partial charge in [0.1, 0.15) is 6.04 Å². The lowest BCUT2D eigenvalue weighted by atomic mass is 10.3. The third-order valence-corrected chi connectivity index (χ3v) is 3.10. The second kappa shape index (κ2) is 4.72. The summed E-state index contributed by atoms with van der Waals surface area (Å²) < 4.78 is 0. The van der Waals surface area contributed by atoms with Gasteiger partial charge in [0.2, 0.25) is 0 Å². The molecule has 1 amide bonds. The zero-order valence-corrected chi connectivity index (χ0v) is 9.52. The summed E-state index contributed by atoms with van der Waals surface area (Å²) in [6.07, 6.45) is 0. The number of nitriles is 1. The van der Waals surface area contributed by atoms with Crippen molar-refractivity contribution in [2.24, 2.45) is 0 Å². The first-order valence-electron chi connectivity index (χ1n) is 4.38. The van der Waals surface area contributed by atoms with Crippen molar-refractivity contribution in [1.29, 1.82) is 5.26 Å². The van der Waals surface area contributed by atoms with Gasteiger partial charge in [0.05, 0.1) is 15.9 Å². The van der Waals surface area contributed by atoms with Gasteiger partial charge in [0, 0.05) is 13.1 Å². The highest BCUT2D eigenvalue weighted by Gasteiger charge is 2.21. The molecule has 0 saturated carbocycles. The molecule has 0 spiro atoms. The van der Waals surface area contributed by atoms with Gasteiger partial charge >= 0.3 is 5.00 Å². The van der Waals surface area contributed by atoms with Crippen LogP contribution < -0.4 is 0 Å². The minimum atomic E-state index is -0.561. The lowest BCUT2D eigenvalue weighted by molar-refractivity contribution is -0.380. The SMILES string of the molecule is CC(C#N)N(C)C(=O)c1ccc([N+](=O)[O-])s1. The molecule has 0 aliphatic heterocycles. The monoisotopic (exact) mass is 239 g/mol. The van der Waals surface area contributed by atoms with Crippen LogP contribution in [0.25, 0.3) is 0 Å². The predicted molar refractivity (Wildman–Crippen MR) is 58.1 cm³/mol. The number of nitrogens with zero attached hydrogens (tertiary/aromatic N) is 3. The quantitative estimate of drug-likeness (QED) is 0.592. The van der Waals surface area contributed by atoms with E-state index in [0.29, 0.717) is 0 Å². The summed E-state index contributed by atoms with van der Waals surface area (Å²) in [6.45, 7) is 1.58. The molecule has 84 valence electrons. The Morgan fingerprint density at radius 2 is 2.31 bits per heavy atom. The number of hydrogen-bond donors (Lipinski definition) is 0. The van der Waals surface area contributed by atoms with E-state index in [4.69, 9.17) is 5.26 Å². The summed E-state index contributed by atoms with van der Waals surface area (Å²) in [5.41, 5.74) is 0. The third-order valence-electron chi connectivity index (χ3n) is 2.07. The number of nitro groups is 1. The average Bonchev–Trinajstić information content (AvgIpc) is 2.75. The van der Waals surface area contributed by atoms with Crippen LogP contribution in [0.3, 0.4) is 0 Å². The van der Waals surface area contributed by atoms with E-state index in [2.05, 4.69) is 0 Å². The minimum Gasteiger partial charge on any atom is -0.325 e. The van der Waals surface area contributed by atoms with Crippen LogP contribution in [0.2, 0.25) is 0 Å². The first-order chi connectivity index (χ1) is 7.47. The lowest BCUT2D eigenvalue weighted by Gasteiger charge is -2.17. The maximum atomic E-state index is 11.7. The highest BCUT2D eigenvalue weighted by Crippen LogP contribution is 2.25. The van der Waals surface area contributed by atoms with Crippen molar-refractivity contribution in [3.05, 3.63) is 27.1 Å². The number of carbonyl (C=O) groups is 1. The number of hydrogen-bond acceptors (Lipinski definition) is 5. The van der Waals surface area contributed by atoms with Crippen LogP contribution in [0.5, 0.6) is 0 Å². The van der Waals surface area contributed by atoms with E-state index in [1.54, 1.807) is 6.92 Å². The molecule has 1 unspecified atom stereocenters. The first-order valence-corrected chi connectivity index (χ1v) is 5.20. The zero-order chi connectivity index (χ0) is 12.3. The van der Waals surface area contributed by atoms with E-state index in [1.807, 2.05) is 6.07 Å². The smallest absolute Gasteiger partial charge is 0.324 e. The number of thiophene rings is 1. The van der Waals surface area contributed by atoms with Gasteiger partial charge in [0.15, 0.2) is 0 Å². The van der Waals surface area contributed by atoms with Crippen LogP contribution in [0, 0.1) is 21.4 Å². The third kappa shape index (κ3) is 2.35. The largest absolute Gasteiger partial charge is 0.325 e. The molecular weight excluding hydrogens is 230 g/mol. The fourth-order valence-corrected chi connectivity index (χ4v) is 1.78. The molecule has 0 radical (unpaired) electrons. The minimum absolute atomic E-state index is 0.0821. The summed E-state index contributed by atoms with van der Waals surface area (Å²) >= 11 is 0.806. The van der Waals surface area contributed by atoms with Gasteiger partial charge in [-0.2, -0.15) is 5.26 Å². The van der Waals surface area contributed by atoms with Crippen LogP contribution in [-0.4, -0.2) is 28.8 Å². The summed E-state index contributed by atoms with van der Waals surface area (Å²) in [5.74, 6) is -0.382. The van der Waals surface area contributed by atoms with Crippen LogP contribution >= 0.6 is 11.3 Å². The van der Waals surface area contributed by atoms with Crippen LogP contribution in [0.4, 0.5) is 5.00 Å². The van der Waals surface area contributed by atoms with Crippen LogP contribution in [-0.2, 0) is 0 Å². The molecule has 0 bridgehead atoms. The Balaban J connectivity index is 2.89. The lowest BCUT2D eigenvalue weighted by Crippen LogP contribution is -2.33. The predicted octanol–water partition coefficient (Wildman–Crippen LogP) is 1.64. The second-order valence-corrected chi connectivity index (χ2v) is 4.18. The Morgan fingerprint density at radius 3 is 2.75 bits per heavy atom. The molecule has 0 fully saturated rings. The molecule has 7 heteroatoms. The van der Waals surface area contributed by atoms with Crippen molar-refractivity contribution in [1.82, 2.24) is 4.90 Å². The second-order valence-electron chi connectivity index (χ2n) is 3.12. The van der Waals surface area contributed by atoms with E-state index in [9.17, 15) is 14.9 Å². The van der Waals surface area contributed by atoms with Crippen molar-refractivity contribution in [3.8, 4) is 6.07 Å². The first kappa shape index (κ1) is 12.1. The maximum Gasteiger partial charge on any atom is 0.324 e. The highest BCUT2D eigenvalue weighted by atomic mass is 32.1. The zero-order valence-electron chi connectivity index (χ0n) is 8.71. The highest BCUT2D eigenvalue weighted by molar-refractivity contribution is 7.17. The Kier molecular flexibility index (Phi) is 3.58. The molecule has 0 aromatic carbocycles. The molecule has 1 rings (SSSR count). The van der Waals surface area contributed by atoms with Crippen molar-refractivity contribution in [3.63, 3.8) is 0 Å². The average molecular weight is 239 g/mol. The molecular formula is C9H9N3O3S. The molecule has 1 aromatic heterocycles. The Bertz CT molecular complexity index is 463. The number of rotatable bonds is 3. The molecule has 0 aliphatic carbocycles. The molecule has 1 heterocycles. The van der Waals surface area contributed by atoms with Crippen LogP contribution in [0.15, 0.2) is 12.1 Å². The molecule has 16 heavy (non-hydrogen) atoms. The fraction of sp³-hybridized carbons (Fsp3) is 0.333. The Hall–Kier alpha value is -1.94. The van der Waals surface area contributed by atoms with Gasteiger partial charge < -0.3 is 4.90 Å². The van der Waals surface area contributed by atoms with Crippen LogP contribution in [0.1, 0.15) is 16.6 Å². The van der Waals surface area contributed by atoms with E-state index in [1.165, 1.54) is 24.1 Å². The van der Waals surface area contributed by atoms with Gasteiger partial charge in [-0.15, -0.1) is 0 Å². The standard InChI is InChI=1S/C9H9N3O3S/c1-6(5-10)11(2)9(13)7-3-4-8(16-7)12(14)15/h3-4,6H,1-2H3. The molecule has 6 nitrogen and oxygen atoms in total. The summed E-state index contributed by atoms with van der Waals surface area (Å²) in [6, 6.07) is 4.03. The normalized spacial score (nSPS) is 11.6. The topological polar surface area (TPSA) is 87.2 Å². The van der Waals surface area contributed by atoms with Crippen molar-refractivity contribution >= 4 is 22.2 Å². The van der Waals surface area contributed by atoms with Gasteiger partial charge in [0.25, 0.3) is 5.91 Å². The summed E-state index contributed by atoms with van der Waals surface area (Å²) in [5, 5.41) is 19.0. The number of carbonyl (C=O) groups excluding carboxylic acids is 1. The van der Waals surface area contributed by atoms with E-state index in [0.717, 1.165) is 11.3 Å². The van der Waals surface area contributed by atoms with Gasteiger partial charge in [-0.1, -0.05) is 11.3 Å². The van der Waals surface area contributed by atoms with Gasteiger partial charge in [-0.05, 0) is 13.0 Å². The molecule has 0 saturated heterocycles. The van der Waals surface area contributed by atoms with Crippen molar-refractivity contribution in [2.75, 3.05) is 7.05 Å². The molecule has 1 aromatic rings. The maximum absolute atomic E-state index is 11.7. The summed E-state index contributed by atoms with van der Waals surface area (Å²) in [4.78, 5) is 23.1. The van der Waals surface area contributed by atoms with E-state index >= 15 is 0 Å². The van der Waals surface area contributed by atoms with E-state index in [-0.39, 0.29) is 15.8 Å². The molecule has 1 atom stereocenters. The fourth-order valence-electron chi connectivity index (χ4n) is 0.977.